The monoisotopic (exact) mass is 516 g/mol. The third kappa shape index (κ3) is 8.86. The van der Waals surface area contributed by atoms with Crippen LogP contribution in [0.15, 0.2) is 72.8 Å². The number of benzene rings is 3. The van der Waals surface area contributed by atoms with E-state index in [0.29, 0.717) is 46.9 Å². The minimum absolute atomic E-state index is 0.204. The summed E-state index contributed by atoms with van der Waals surface area (Å²) < 4.78 is 11.5. The van der Waals surface area contributed by atoms with E-state index in [-0.39, 0.29) is 17.4 Å². The van der Waals surface area contributed by atoms with Crippen LogP contribution in [0.25, 0.3) is 0 Å². The van der Waals surface area contributed by atoms with Crippen molar-refractivity contribution in [1.29, 1.82) is 0 Å². The zero-order chi connectivity index (χ0) is 24.2. The maximum atomic E-state index is 12.2. The van der Waals surface area contributed by atoms with Gasteiger partial charge in [0.05, 0.1) is 23.9 Å². The molecule has 2 N–H and O–H groups in total. The predicted molar refractivity (Wildman–Crippen MR) is 142 cm³/mol. The van der Waals surface area contributed by atoms with Crippen LogP contribution in [0.3, 0.4) is 0 Å². The molecule has 0 fully saturated rings. The first kappa shape index (κ1) is 25.8. The Labute approximate surface area is 215 Å². The van der Waals surface area contributed by atoms with Crippen molar-refractivity contribution in [2.75, 3.05) is 18.5 Å². The number of anilines is 1. The van der Waals surface area contributed by atoms with E-state index in [1.165, 1.54) is 5.56 Å². The molecule has 0 bridgehead atoms. The minimum atomic E-state index is -0.204. The number of carbonyl (C=O) groups excluding carboxylic acids is 1. The van der Waals surface area contributed by atoms with Gasteiger partial charge in [0, 0.05) is 11.4 Å². The number of thiocarbonyl (C=S) groups is 1. The average molecular weight is 517 g/mol. The Hall–Kier alpha value is -2.80. The van der Waals surface area contributed by atoms with Gasteiger partial charge in [0.25, 0.3) is 0 Å². The second kappa shape index (κ2) is 13.8. The molecular formula is C26H26Cl2N2O3S. The normalized spacial score (nSPS) is 10.4. The summed E-state index contributed by atoms with van der Waals surface area (Å²) >= 11 is 17.2. The Balaban J connectivity index is 1.37. The highest BCUT2D eigenvalue weighted by molar-refractivity contribution is 7.80. The molecule has 34 heavy (non-hydrogen) atoms. The van der Waals surface area contributed by atoms with Gasteiger partial charge < -0.3 is 20.1 Å². The van der Waals surface area contributed by atoms with Crippen molar-refractivity contribution in [3.63, 3.8) is 0 Å². The number of para-hydroxylation sites is 2. The molecule has 0 heterocycles. The standard InChI is InChI=1S/C26H26Cl2N2O3S/c27-20-14-15-23(21(28)18-20)32-17-7-13-25(31)30-26(34)29-22-11-4-5-12-24(22)33-16-6-10-19-8-2-1-3-9-19/h1-5,8-9,11-12,14-15,18H,6-7,10,13,16-17H2,(H2,29,30,31,34). The van der Waals surface area contributed by atoms with Crippen LogP contribution in [-0.4, -0.2) is 24.2 Å². The maximum absolute atomic E-state index is 12.2. The highest BCUT2D eigenvalue weighted by Gasteiger charge is 2.09. The molecule has 0 atom stereocenters. The summed E-state index contributed by atoms with van der Waals surface area (Å²) in [4.78, 5) is 12.2. The Bertz CT molecular complexity index is 1100. The molecule has 3 aromatic rings. The van der Waals surface area contributed by atoms with Gasteiger partial charge in [0.2, 0.25) is 5.91 Å². The molecule has 3 aromatic carbocycles. The summed E-state index contributed by atoms with van der Waals surface area (Å²) in [7, 11) is 0. The van der Waals surface area contributed by atoms with Crippen molar-refractivity contribution >= 4 is 52.1 Å². The molecule has 8 heteroatoms. The van der Waals surface area contributed by atoms with Crippen molar-refractivity contribution in [3.05, 3.63) is 88.4 Å². The fourth-order valence-corrected chi connectivity index (χ4v) is 3.84. The third-order valence-electron chi connectivity index (χ3n) is 4.80. The lowest BCUT2D eigenvalue weighted by Crippen LogP contribution is -2.34. The van der Waals surface area contributed by atoms with Gasteiger partial charge in [-0.2, -0.15) is 0 Å². The largest absolute Gasteiger partial charge is 0.492 e. The summed E-state index contributed by atoms with van der Waals surface area (Å²) in [6.07, 6.45) is 2.60. The van der Waals surface area contributed by atoms with Crippen molar-refractivity contribution < 1.29 is 14.3 Å². The summed E-state index contributed by atoms with van der Waals surface area (Å²) in [5, 5.41) is 6.92. The maximum Gasteiger partial charge on any atom is 0.226 e. The van der Waals surface area contributed by atoms with Crippen LogP contribution in [0.1, 0.15) is 24.8 Å². The Morgan fingerprint density at radius 2 is 1.56 bits per heavy atom. The molecule has 0 aliphatic heterocycles. The van der Waals surface area contributed by atoms with E-state index in [9.17, 15) is 4.79 Å². The minimum Gasteiger partial charge on any atom is -0.492 e. The number of aryl methyl sites for hydroxylation is 1. The topological polar surface area (TPSA) is 59.6 Å². The van der Waals surface area contributed by atoms with Gasteiger partial charge in [0.15, 0.2) is 5.11 Å². The lowest BCUT2D eigenvalue weighted by atomic mass is 10.1. The highest BCUT2D eigenvalue weighted by atomic mass is 35.5. The fraction of sp³-hybridized carbons (Fsp3) is 0.231. The van der Waals surface area contributed by atoms with Crippen LogP contribution < -0.4 is 20.1 Å². The first-order valence-electron chi connectivity index (χ1n) is 11.0. The summed E-state index contributed by atoms with van der Waals surface area (Å²) in [5.41, 5.74) is 1.98. The molecule has 0 spiro atoms. The van der Waals surface area contributed by atoms with Crippen LogP contribution in [-0.2, 0) is 11.2 Å². The van der Waals surface area contributed by atoms with Gasteiger partial charge in [-0.05, 0) is 67.4 Å². The van der Waals surface area contributed by atoms with Gasteiger partial charge in [-0.25, -0.2) is 0 Å². The molecule has 0 aromatic heterocycles. The number of nitrogens with one attached hydrogen (secondary N) is 2. The van der Waals surface area contributed by atoms with E-state index >= 15 is 0 Å². The second-order valence-corrected chi connectivity index (χ2v) is 8.71. The van der Waals surface area contributed by atoms with E-state index in [1.807, 2.05) is 42.5 Å². The molecule has 0 aliphatic carbocycles. The number of rotatable bonds is 11. The molecule has 1 amide bonds. The summed E-state index contributed by atoms with van der Waals surface area (Å²) in [5.74, 6) is 1.01. The summed E-state index contributed by atoms with van der Waals surface area (Å²) in [6, 6.07) is 22.8. The van der Waals surface area contributed by atoms with E-state index in [4.69, 9.17) is 44.9 Å². The van der Waals surface area contributed by atoms with Crippen molar-refractivity contribution in [1.82, 2.24) is 5.32 Å². The second-order valence-electron chi connectivity index (χ2n) is 7.46. The molecular weight excluding hydrogens is 491 g/mol. The first-order valence-corrected chi connectivity index (χ1v) is 12.1. The van der Waals surface area contributed by atoms with Crippen molar-refractivity contribution in [2.24, 2.45) is 0 Å². The number of carbonyl (C=O) groups is 1. The van der Waals surface area contributed by atoms with Gasteiger partial charge in [-0.3, -0.25) is 4.79 Å². The van der Waals surface area contributed by atoms with E-state index < -0.39 is 0 Å². The molecule has 5 nitrogen and oxygen atoms in total. The number of amides is 1. The molecule has 0 aliphatic rings. The Morgan fingerprint density at radius 1 is 0.853 bits per heavy atom. The average Bonchev–Trinajstić information content (AvgIpc) is 2.82. The van der Waals surface area contributed by atoms with E-state index in [1.54, 1.807) is 18.2 Å². The van der Waals surface area contributed by atoms with Crippen LogP contribution in [0.4, 0.5) is 5.69 Å². The van der Waals surface area contributed by atoms with Gasteiger partial charge in [-0.1, -0.05) is 65.7 Å². The number of ether oxygens (including phenoxy) is 2. The first-order chi connectivity index (χ1) is 16.5. The van der Waals surface area contributed by atoms with Gasteiger partial charge in [0.1, 0.15) is 11.5 Å². The van der Waals surface area contributed by atoms with Crippen LogP contribution in [0, 0.1) is 0 Å². The van der Waals surface area contributed by atoms with Crippen LogP contribution in [0.2, 0.25) is 10.0 Å². The zero-order valence-electron chi connectivity index (χ0n) is 18.6. The molecule has 3 rings (SSSR count). The van der Waals surface area contributed by atoms with E-state index in [0.717, 1.165) is 12.8 Å². The number of hydrogen-bond donors (Lipinski definition) is 2. The lowest BCUT2D eigenvalue weighted by Gasteiger charge is -2.14. The molecule has 0 unspecified atom stereocenters. The molecule has 178 valence electrons. The number of halogens is 2. The fourth-order valence-electron chi connectivity index (χ4n) is 3.15. The molecule has 0 saturated carbocycles. The predicted octanol–water partition coefficient (Wildman–Crippen LogP) is 6.68. The Morgan fingerprint density at radius 3 is 2.35 bits per heavy atom. The van der Waals surface area contributed by atoms with Gasteiger partial charge >= 0.3 is 0 Å². The lowest BCUT2D eigenvalue weighted by molar-refractivity contribution is -0.119. The van der Waals surface area contributed by atoms with Crippen LogP contribution in [0.5, 0.6) is 11.5 Å². The third-order valence-corrected chi connectivity index (χ3v) is 5.53. The molecule has 0 radical (unpaired) electrons. The smallest absolute Gasteiger partial charge is 0.226 e. The van der Waals surface area contributed by atoms with Crippen LogP contribution >= 0.6 is 35.4 Å². The van der Waals surface area contributed by atoms with E-state index in [2.05, 4.69) is 22.8 Å². The highest BCUT2D eigenvalue weighted by Crippen LogP contribution is 2.27. The zero-order valence-corrected chi connectivity index (χ0v) is 20.9. The Kier molecular flexibility index (Phi) is 10.5. The van der Waals surface area contributed by atoms with Gasteiger partial charge in [-0.15, -0.1) is 0 Å². The van der Waals surface area contributed by atoms with Crippen molar-refractivity contribution in [2.45, 2.75) is 25.7 Å². The van der Waals surface area contributed by atoms with Crippen molar-refractivity contribution in [3.8, 4) is 11.5 Å². The number of hydrogen-bond acceptors (Lipinski definition) is 4. The quantitative estimate of drug-likeness (QED) is 0.220. The molecule has 0 saturated heterocycles. The summed E-state index contributed by atoms with van der Waals surface area (Å²) in [6.45, 7) is 0.916. The SMILES string of the molecule is O=C(CCCOc1ccc(Cl)cc1Cl)NC(=S)Nc1ccccc1OCCCc1ccccc1.